The predicted octanol–water partition coefficient (Wildman–Crippen LogP) is 6.61. The Morgan fingerprint density at radius 3 is 2.23 bits per heavy atom. The summed E-state index contributed by atoms with van der Waals surface area (Å²) in [7, 11) is 0. The molecule has 6 nitrogen and oxygen atoms in total. The number of allylic oxidation sites excluding steroid dienone is 1. The smallest absolute Gasteiger partial charge is 0.160 e. The molecular weight excluding hydrogens is 484 g/mol. The van der Waals surface area contributed by atoms with Crippen molar-refractivity contribution in [3.8, 4) is 0 Å². The summed E-state index contributed by atoms with van der Waals surface area (Å²) in [6.07, 6.45) is 8.71. The fraction of sp³-hybridized carbons (Fsp3) is 0.636. The maximum Gasteiger partial charge on any atom is 0.160 e. The first-order valence-electron chi connectivity index (χ1n) is 15.0. The molecule has 0 saturated carbocycles. The average molecular weight is 543 g/mol. The van der Waals surface area contributed by atoms with E-state index in [4.69, 9.17) is 4.79 Å². The zero-order chi connectivity index (χ0) is 29.6. The van der Waals surface area contributed by atoms with Gasteiger partial charge < -0.3 is 20.3 Å². The third kappa shape index (κ3) is 16.3. The van der Waals surface area contributed by atoms with Crippen molar-refractivity contribution in [3.05, 3.63) is 54.4 Å². The largest absolute Gasteiger partial charge is 0.369 e. The zero-order valence-corrected chi connectivity index (χ0v) is 26.2. The van der Waals surface area contributed by atoms with Gasteiger partial charge in [0.1, 0.15) is 6.29 Å². The Hall–Kier alpha value is -2.44. The number of carbonyl (C=O) groups excluding carboxylic acids is 2. The number of aldehydes is 1. The second-order valence-electron chi connectivity index (χ2n) is 10.5. The highest BCUT2D eigenvalue weighted by atomic mass is 16.1. The second-order valence-corrected chi connectivity index (χ2v) is 10.5. The number of piperazine rings is 1. The number of hydrogen-bond donors (Lipinski definition) is 2. The number of aryl methyl sites for hydroxylation is 1. The van der Waals surface area contributed by atoms with Gasteiger partial charge in [0.2, 0.25) is 0 Å². The summed E-state index contributed by atoms with van der Waals surface area (Å²) >= 11 is 0. The van der Waals surface area contributed by atoms with Crippen LogP contribution >= 0.6 is 0 Å². The van der Waals surface area contributed by atoms with Crippen LogP contribution in [0.3, 0.4) is 0 Å². The highest BCUT2D eigenvalue weighted by molar-refractivity contribution is 5.95. The van der Waals surface area contributed by atoms with Gasteiger partial charge in [0, 0.05) is 43.1 Å². The molecule has 0 spiro atoms. The highest BCUT2D eigenvalue weighted by Crippen LogP contribution is 2.22. The number of Topliss-reactive ketones (excluding diaryl/α,β-unsaturated/α-hetero) is 1. The Morgan fingerprint density at radius 1 is 1.15 bits per heavy atom. The number of carbonyl (C=O) groups is 2. The summed E-state index contributed by atoms with van der Waals surface area (Å²) in [5, 5.41) is 6.42. The van der Waals surface area contributed by atoms with E-state index in [1.54, 1.807) is 13.1 Å². The number of hydrogen-bond acceptors (Lipinski definition) is 6. The summed E-state index contributed by atoms with van der Waals surface area (Å²) in [4.78, 5) is 25.5. The minimum Gasteiger partial charge on any atom is -0.369 e. The SMILES string of the molecule is C=CNC(=C)CCC(C)C.CC.CC(=O)c1ccc(N2CCN(CCC3CCNCC3)CC2)cc1C.CC=O. The molecule has 2 heterocycles. The average Bonchev–Trinajstić information content (AvgIpc) is 2.93. The van der Waals surface area contributed by atoms with Crippen molar-refractivity contribution in [1.29, 1.82) is 0 Å². The molecular formula is C33H58N4O2. The molecule has 6 heteroatoms. The second kappa shape index (κ2) is 22.4. The van der Waals surface area contributed by atoms with Crippen LogP contribution in [0.25, 0.3) is 0 Å². The molecule has 0 aromatic heterocycles. The first-order chi connectivity index (χ1) is 18.7. The van der Waals surface area contributed by atoms with E-state index in [0.29, 0.717) is 0 Å². The van der Waals surface area contributed by atoms with Gasteiger partial charge in [0.15, 0.2) is 5.78 Å². The van der Waals surface area contributed by atoms with E-state index in [2.05, 4.69) is 59.6 Å². The summed E-state index contributed by atoms with van der Waals surface area (Å²) in [6, 6.07) is 6.26. The van der Waals surface area contributed by atoms with Gasteiger partial charge in [-0.05, 0) is 114 Å². The van der Waals surface area contributed by atoms with Crippen LogP contribution in [0.4, 0.5) is 5.69 Å². The monoisotopic (exact) mass is 542 g/mol. The molecule has 0 aliphatic carbocycles. The molecule has 2 fully saturated rings. The molecule has 0 unspecified atom stereocenters. The molecule has 0 amide bonds. The van der Waals surface area contributed by atoms with Crippen LogP contribution < -0.4 is 15.5 Å². The van der Waals surface area contributed by atoms with Gasteiger partial charge in [0.25, 0.3) is 0 Å². The van der Waals surface area contributed by atoms with E-state index in [0.717, 1.165) is 67.5 Å². The lowest BCUT2D eigenvalue weighted by Gasteiger charge is -2.37. The lowest BCUT2D eigenvalue weighted by atomic mass is 9.94. The van der Waals surface area contributed by atoms with Crippen molar-refractivity contribution in [1.82, 2.24) is 15.5 Å². The fourth-order valence-electron chi connectivity index (χ4n) is 4.68. The lowest BCUT2D eigenvalue weighted by Crippen LogP contribution is -2.47. The molecule has 222 valence electrons. The highest BCUT2D eigenvalue weighted by Gasteiger charge is 2.20. The zero-order valence-electron chi connectivity index (χ0n) is 26.2. The quantitative estimate of drug-likeness (QED) is 0.256. The van der Waals surface area contributed by atoms with Crippen LogP contribution in [0.1, 0.15) is 89.6 Å². The fourth-order valence-corrected chi connectivity index (χ4v) is 4.68. The normalized spacial score (nSPS) is 15.4. The van der Waals surface area contributed by atoms with E-state index >= 15 is 0 Å². The minimum atomic E-state index is 0.154. The number of rotatable bonds is 10. The minimum absolute atomic E-state index is 0.154. The number of nitrogens with one attached hydrogen (secondary N) is 2. The number of ketones is 1. The van der Waals surface area contributed by atoms with Crippen molar-refractivity contribution in [2.24, 2.45) is 11.8 Å². The van der Waals surface area contributed by atoms with Crippen LogP contribution in [-0.2, 0) is 4.79 Å². The summed E-state index contributed by atoms with van der Waals surface area (Å²) in [5.74, 6) is 1.83. The molecule has 2 aliphatic rings. The van der Waals surface area contributed by atoms with Crippen molar-refractivity contribution in [2.75, 3.05) is 50.7 Å². The molecule has 1 aromatic rings. The van der Waals surface area contributed by atoms with E-state index in [1.165, 1.54) is 57.9 Å². The van der Waals surface area contributed by atoms with Crippen molar-refractivity contribution < 1.29 is 9.59 Å². The predicted molar refractivity (Wildman–Crippen MR) is 170 cm³/mol. The molecule has 0 atom stereocenters. The maximum atomic E-state index is 11.6. The lowest BCUT2D eigenvalue weighted by molar-refractivity contribution is -0.106. The molecule has 2 N–H and O–H groups in total. The van der Waals surface area contributed by atoms with Gasteiger partial charge in [-0.3, -0.25) is 9.69 Å². The van der Waals surface area contributed by atoms with Crippen LogP contribution in [0, 0.1) is 18.8 Å². The molecule has 39 heavy (non-hydrogen) atoms. The van der Waals surface area contributed by atoms with Crippen LogP contribution in [0.5, 0.6) is 0 Å². The first kappa shape index (κ1) is 36.6. The van der Waals surface area contributed by atoms with E-state index in [1.807, 2.05) is 26.8 Å². The molecule has 0 radical (unpaired) electrons. The van der Waals surface area contributed by atoms with E-state index < -0.39 is 0 Å². The standard InChI is InChI=1S/C20H31N3O.C9H17N.C2H4O.C2H6/c1-16-15-19(3-4-20(16)17(2)24)23-13-11-22(12-14-23)10-7-18-5-8-21-9-6-18;1-5-10-9(4)7-6-8(2)3;1-2-3;1-2/h3-4,15,18,21H,5-14H2,1-2H3;5,8,10H,1,4,6-7H2,2-3H3;2H,1H3;1-2H3. The van der Waals surface area contributed by atoms with Crippen molar-refractivity contribution in [2.45, 2.75) is 80.6 Å². The Labute approximate surface area is 240 Å². The molecule has 0 bridgehead atoms. The van der Waals surface area contributed by atoms with E-state index in [-0.39, 0.29) is 5.78 Å². The van der Waals surface area contributed by atoms with Gasteiger partial charge in [0.05, 0.1) is 0 Å². The van der Waals surface area contributed by atoms with Crippen molar-refractivity contribution in [3.63, 3.8) is 0 Å². The molecule has 2 aliphatic heterocycles. The molecule has 1 aromatic carbocycles. The number of anilines is 1. The van der Waals surface area contributed by atoms with E-state index in [9.17, 15) is 4.79 Å². The Balaban J connectivity index is 0.000000808. The van der Waals surface area contributed by atoms with Gasteiger partial charge in [-0.1, -0.05) is 40.9 Å². The van der Waals surface area contributed by atoms with Crippen molar-refractivity contribution >= 4 is 17.8 Å². The third-order valence-corrected chi connectivity index (χ3v) is 6.97. The Kier molecular flexibility index (Phi) is 21.0. The van der Waals surface area contributed by atoms with Gasteiger partial charge in [-0.15, -0.1) is 0 Å². The van der Waals surface area contributed by atoms with Gasteiger partial charge in [-0.2, -0.15) is 0 Å². The third-order valence-electron chi connectivity index (χ3n) is 6.97. The number of benzene rings is 1. The van der Waals surface area contributed by atoms with Crippen LogP contribution in [0.2, 0.25) is 0 Å². The van der Waals surface area contributed by atoms with Gasteiger partial charge in [-0.25, -0.2) is 0 Å². The number of nitrogens with zero attached hydrogens (tertiary/aromatic N) is 2. The molecule has 2 saturated heterocycles. The topological polar surface area (TPSA) is 64.7 Å². The van der Waals surface area contributed by atoms with Crippen LogP contribution in [0.15, 0.2) is 43.3 Å². The Bertz CT molecular complexity index is 823. The number of piperidine rings is 1. The summed E-state index contributed by atoms with van der Waals surface area (Å²) in [6.45, 7) is 29.1. The summed E-state index contributed by atoms with van der Waals surface area (Å²) in [5.41, 5.74) is 4.26. The molecule has 3 rings (SSSR count). The van der Waals surface area contributed by atoms with Crippen LogP contribution in [-0.4, -0.2) is 62.8 Å². The summed E-state index contributed by atoms with van der Waals surface area (Å²) < 4.78 is 0. The Morgan fingerprint density at radius 2 is 1.74 bits per heavy atom. The maximum absolute atomic E-state index is 11.6. The van der Waals surface area contributed by atoms with Gasteiger partial charge >= 0.3 is 0 Å². The first-order valence-corrected chi connectivity index (χ1v) is 15.0.